The lowest BCUT2D eigenvalue weighted by Crippen LogP contribution is -2.55. The van der Waals surface area contributed by atoms with E-state index in [-0.39, 0.29) is 16.8 Å². The van der Waals surface area contributed by atoms with Gasteiger partial charge in [0.1, 0.15) is 0 Å². The van der Waals surface area contributed by atoms with E-state index in [0.717, 1.165) is 49.2 Å². The number of hydrogen-bond acceptors (Lipinski definition) is 3. The first-order valence-corrected chi connectivity index (χ1v) is 11.6. The number of urea groups is 1. The molecule has 152 valence electrons. The van der Waals surface area contributed by atoms with Crippen molar-refractivity contribution in [2.75, 3.05) is 30.7 Å². The van der Waals surface area contributed by atoms with Gasteiger partial charge >= 0.3 is 6.03 Å². The molecule has 1 N–H and O–H groups in total. The monoisotopic (exact) mass is 401 g/mol. The molecule has 3 fully saturated rings. The van der Waals surface area contributed by atoms with Crippen LogP contribution in [0.25, 0.3) is 0 Å². The molecule has 0 atom stereocenters. The van der Waals surface area contributed by atoms with Crippen LogP contribution in [0.2, 0.25) is 0 Å². The average molecular weight is 402 g/mol. The van der Waals surface area contributed by atoms with Crippen LogP contribution in [0, 0.1) is 12.8 Å². The first-order chi connectivity index (χ1) is 13.6. The summed E-state index contributed by atoms with van der Waals surface area (Å²) in [7, 11) is 0. The third-order valence-electron chi connectivity index (χ3n) is 6.62. The predicted molar refractivity (Wildman–Crippen MR) is 114 cm³/mol. The number of amides is 3. The Balaban J connectivity index is 1.37. The Labute approximate surface area is 172 Å². The van der Waals surface area contributed by atoms with Crippen molar-refractivity contribution >= 4 is 29.4 Å². The fourth-order valence-electron chi connectivity index (χ4n) is 4.87. The molecule has 2 aliphatic heterocycles. The maximum Gasteiger partial charge on any atom is 0.321 e. The number of anilines is 1. The Morgan fingerprint density at radius 1 is 1.07 bits per heavy atom. The quantitative estimate of drug-likeness (QED) is 0.795. The number of hydrogen-bond donors (Lipinski definition) is 1. The molecular weight excluding hydrogens is 370 g/mol. The van der Waals surface area contributed by atoms with Crippen LogP contribution in [0.1, 0.15) is 50.5 Å². The Kier molecular flexibility index (Phi) is 5.85. The number of aryl methyl sites for hydroxylation is 1. The van der Waals surface area contributed by atoms with Crippen LogP contribution in [0.15, 0.2) is 24.3 Å². The number of carbonyl (C=O) groups is 2. The standard InChI is InChI=1S/C22H31N3O2S/c1-17-7-5-6-10-19(17)23-21(27)24-13-11-22(12-14-24)25(15-16-28-22)20(26)18-8-3-2-4-9-18/h5-7,10,18H,2-4,8-9,11-16H2,1H3,(H,23,27). The van der Waals surface area contributed by atoms with Crippen LogP contribution in [-0.2, 0) is 4.79 Å². The molecule has 1 aromatic rings. The highest BCUT2D eigenvalue weighted by Crippen LogP contribution is 2.45. The summed E-state index contributed by atoms with van der Waals surface area (Å²) in [6.45, 7) is 4.29. The number of carbonyl (C=O) groups excluding carboxylic acids is 2. The number of rotatable bonds is 2. The molecule has 3 amide bonds. The van der Waals surface area contributed by atoms with Gasteiger partial charge in [-0.3, -0.25) is 4.79 Å². The summed E-state index contributed by atoms with van der Waals surface area (Å²) in [5, 5.41) is 3.04. The summed E-state index contributed by atoms with van der Waals surface area (Å²) in [5.74, 6) is 1.63. The van der Waals surface area contributed by atoms with Gasteiger partial charge in [-0.2, -0.15) is 0 Å². The molecule has 2 heterocycles. The van der Waals surface area contributed by atoms with Crippen molar-refractivity contribution in [3.8, 4) is 0 Å². The highest BCUT2D eigenvalue weighted by molar-refractivity contribution is 8.00. The van der Waals surface area contributed by atoms with E-state index in [1.165, 1.54) is 19.3 Å². The number of nitrogens with zero attached hydrogens (tertiary/aromatic N) is 2. The molecule has 3 aliphatic rings. The highest BCUT2D eigenvalue weighted by Gasteiger charge is 2.48. The second-order valence-electron chi connectivity index (χ2n) is 8.35. The summed E-state index contributed by atoms with van der Waals surface area (Å²) in [4.78, 5) is 29.9. The number of benzene rings is 1. The molecule has 1 aliphatic carbocycles. The molecule has 1 saturated carbocycles. The maximum atomic E-state index is 13.2. The normalized spacial score (nSPS) is 22.5. The Morgan fingerprint density at radius 3 is 2.50 bits per heavy atom. The van der Waals surface area contributed by atoms with Crippen LogP contribution in [0.3, 0.4) is 0 Å². The van der Waals surface area contributed by atoms with Crippen molar-refractivity contribution < 1.29 is 9.59 Å². The fourth-order valence-corrected chi connectivity index (χ4v) is 6.33. The summed E-state index contributed by atoms with van der Waals surface area (Å²) in [6.07, 6.45) is 7.51. The minimum absolute atomic E-state index is 0.0303. The van der Waals surface area contributed by atoms with E-state index in [0.29, 0.717) is 19.0 Å². The van der Waals surface area contributed by atoms with Gasteiger partial charge in [-0.05, 0) is 44.2 Å². The van der Waals surface area contributed by atoms with Crippen LogP contribution in [0.5, 0.6) is 0 Å². The van der Waals surface area contributed by atoms with Crippen LogP contribution in [-0.4, -0.2) is 52.0 Å². The lowest BCUT2D eigenvalue weighted by atomic mass is 9.87. The lowest BCUT2D eigenvalue weighted by Gasteiger charge is -2.45. The molecule has 0 radical (unpaired) electrons. The van der Waals surface area contributed by atoms with Crippen molar-refractivity contribution in [2.45, 2.75) is 56.7 Å². The lowest BCUT2D eigenvalue weighted by molar-refractivity contribution is -0.140. The van der Waals surface area contributed by atoms with E-state index in [9.17, 15) is 9.59 Å². The molecule has 5 nitrogen and oxygen atoms in total. The van der Waals surface area contributed by atoms with E-state index >= 15 is 0 Å². The molecule has 1 spiro atoms. The van der Waals surface area contributed by atoms with Crippen LogP contribution in [0.4, 0.5) is 10.5 Å². The van der Waals surface area contributed by atoms with Gasteiger partial charge in [0.05, 0.1) is 4.87 Å². The third-order valence-corrected chi connectivity index (χ3v) is 8.17. The Morgan fingerprint density at radius 2 is 1.79 bits per heavy atom. The first-order valence-electron chi connectivity index (χ1n) is 10.7. The van der Waals surface area contributed by atoms with Gasteiger partial charge < -0.3 is 15.1 Å². The van der Waals surface area contributed by atoms with Crippen molar-refractivity contribution in [1.82, 2.24) is 9.80 Å². The molecule has 0 aromatic heterocycles. The van der Waals surface area contributed by atoms with E-state index in [1.54, 1.807) is 0 Å². The SMILES string of the molecule is Cc1ccccc1NC(=O)N1CCC2(CC1)SCCN2C(=O)C1CCCCC1. The van der Waals surface area contributed by atoms with E-state index in [2.05, 4.69) is 10.2 Å². The van der Waals surface area contributed by atoms with Crippen molar-refractivity contribution in [3.63, 3.8) is 0 Å². The second kappa shape index (κ2) is 8.36. The fraction of sp³-hybridized carbons (Fsp3) is 0.636. The molecule has 4 rings (SSSR count). The number of likely N-dealkylation sites (tertiary alicyclic amines) is 1. The van der Waals surface area contributed by atoms with Gasteiger partial charge in [-0.15, -0.1) is 11.8 Å². The smallest absolute Gasteiger partial charge is 0.321 e. The molecule has 0 bridgehead atoms. The number of nitrogens with one attached hydrogen (secondary N) is 1. The predicted octanol–water partition coefficient (Wildman–Crippen LogP) is 4.47. The van der Waals surface area contributed by atoms with Crippen LogP contribution < -0.4 is 5.32 Å². The molecule has 1 aromatic carbocycles. The van der Waals surface area contributed by atoms with Gasteiger partial charge in [0, 0.05) is 37.0 Å². The third kappa shape index (κ3) is 3.88. The van der Waals surface area contributed by atoms with E-state index in [1.807, 2.05) is 47.9 Å². The average Bonchev–Trinajstić information content (AvgIpc) is 3.13. The summed E-state index contributed by atoms with van der Waals surface area (Å²) < 4.78 is 0. The van der Waals surface area contributed by atoms with Gasteiger partial charge in [0.2, 0.25) is 5.91 Å². The first kappa shape index (κ1) is 19.6. The second-order valence-corrected chi connectivity index (χ2v) is 9.81. The minimum atomic E-state index is -0.0893. The maximum absolute atomic E-state index is 13.2. The number of para-hydroxylation sites is 1. The molecule has 2 saturated heterocycles. The summed E-state index contributed by atoms with van der Waals surface area (Å²) >= 11 is 1.93. The van der Waals surface area contributed by atoms with Crippen molar-refractivity contribution in [1.29, 1.82) is 0 Å². The van der Waals surface area contributed by atoms with E-state index < -0.39 is 0 Å². The van der Waals surface area contributed by atoms with Gasteiger partial charge in [-0.1, -0.05) is 37.5 Å². The molecule has 6 heteroatoms. The number of thioether (sulfide) groups is 1. The van der Waals surface area contributed by atoms with Crippen molar-refractivity contribution in [3.05, 3.63) is 29.8 Å². The molecule has 0 unspecified atom stereocenters. The minimum Gasteiger partial charge on any atom is -0.327 e. The number of piperidine rings is 1. The Hall–Kier alpha value is -1.69. The molecule has 28 heavy (non-hydrogen) atoms. The van der Waals surface area contributed by atoms with Gasteiger partial charge in [0.25, 0.3) is 0 Å². The zero-order valence-corrected chi connectivity index (χ0v) is 17.6. The van der Waals surface area contributed by atoms with Crippen LogP contribution >= 0.6 is 11.8 Å². The van der Waals surface area contributed by atoms with Gasteiger partial charge in [-0.25, -0.2) is 4.79 Å². The van der Waals surface area contributed by atoms with E-state index in [4.69, 9.17) is 0 Å². The molecular formula is C22H31N3O2S. The highest BCUT2D eigenvalue weighted by atomic mass is 32.2. The zero-order chi connectivity index (χ0) is 19.6. The zero-order valence-electron chi connectivity index (χ0n) is 16.8. The van der Waals surface area contributed by atoms with Gasteiger partial charge in [0.15, 0.2) is 0 Å². The largest absolute Gasteiger partial charge is 0.327 e. The van der Waals surface area contributed by atoms with Crippen molar-refractivity contribution in [2.24, 2.45) is 5.92 Å². The summed E-state index contributed by atoms with van der Waals surface area (Å²) in [5.41, 5.74) is 1.94. The Bertz CT molecular complexity index is 724. The summed E-state index contributed by atoms with van der Waals surface area (Å²) in [6, 6.07) is 7.83. The topological polar surface area (TPSA) is 52.7 Å².